The quantitative estimate of drug-likeness (QED) is 0.818. The largest absolute Gasteiger partial charge is 0.497 e. The normalized spacial score (nSPS) is 14.9. The summed E-state index contributed by atoms with van der Waals surface area (Å²) in [6.45, 7) is 0.628. The molecule has 1 fully saturated rings. The number of methoxy groups -OCH3 is 1. The molecule has 1 aliphatic carbocycles. The van der Waals surface area contributed by atoms with Crippen molar-refractivity contribution in [2.75, 3.05) is 13.7 Å². The molecule has 0 heterocycles. The summed E-state index contributed by atoms with van der Waals surface area (Å²) in [4.78, 5) is 12.7. The number of carbonyl (C=O) groups is 1. The van der Waals surface area contributed by atoms with E-state index in [-0.39, 0.29) is 11.8 Å². The van der Waals surface area contributed by atoms with E-state index in [1.54, 1.807) is 7.11 Å². The molecule has 2 aromatic rings. The highest BCUT2D eigenvalue weighted by atomic mass is 35.5. The lowest BCUT2D eigenvalue weighted by Crippen LogP contribution is -2.32. The van der Waals surface area contributed by atoms with Gasteiger partial charge in [0, 0.05) is 11.6 Å². The summed E-state index contributed by atoms with van der Waals surface area (Å²) in [7, 11) is 1.66. The van der Waals surface area contributed by atoms with Crippen LogP contribution in [0, 0.1) is 5.92 Å². The van der Waals surface area contributed by atoms with E-state index >= 15 is 0 Å². The monoisotopic (exact) mass is 343 g/mol. The van der Waals surface area contributed by atoms with Crippen LogP contribution in [0.15, 0.2) is 48.5 Å². The van der Waals surface area contributed by atoms with Crippen LogP contribution in [-0.4, -0.2) is 19.6 Å². The first-order chi connectivity index (χ1) is 11.7. The number of halogens is 1. The van der Waals surface area contributed by atoms with Crippen LogP contribution in [0.25, 0.3) is 0 Å². The Morgan fingerprint density at radius 2 is 2.00 bits per heavy atom. The Bertz CT molecular complexity index is 695. The number of benzene rings is 2. The van der Waals surface area contributed by atoms with Crippen molar-refractivity contribution < 1.29 is 9.53 Å². The van der Waals surface area contributed by atoms with Gasteiger partial charge < -0.3 is 10.1 Å². The van der Waals surface area contributed by atoms with Crippen LogP contribution in [0.5, 0.6) is 5.75 Å². The molecule has 1 unspecified atom stereocenters. The summed E-state index contributed by atoms with van der Waals surface area (Å²) in [5, 5.41) is 3.79. The van der Waals surface area contributed by atoms with Gasteiger partial charge in [-0.15, -0.1) is 0 Å². The fourth-order valence-corrected chi connectivity index (χ4v) is 3.13. The Morgan fingerprint density at radius 1 is 1.25 bits per heavy atom. The van der Waals surface area contributed by atoms with E-state index in [4.69, 9.17) is 16.3 Å². The zero-order chi connectivity index (χ0) is 16.9. The van der Waals surface area contributed by atoms with Crippen molar-refractivity contribution in [2.24, 2.45) is 5.92 Å². The molecule has 24 heavy (non-hydrogen) atoms. The lowest BCUT2D eigenvalue weighted by atomic mass is 9.93. The second kappa shape index (κ2) is 7.71. The minimum Gasteiger partial charge on any atom is -0.497 e. The third kappa shape index (κ3) is 4.30. The molecule has 1 aliphatic rings. The smallest absolute Gasteiger partial charge is 0.227 e. The van der Waals surface area contributed by atoms with Gasteiger partial charge in [-0.05, 0) is 60.6 Å². The van der Waals surface area contributed by atoms with Crippen molar-refractivity contribution in [3.05, 3.63) is 64.7 Å². The number of nitrogens with one attached hydrogen (secondary N) is 1. The highest BCUT2D eigenvalue weighted by Gasteiger charge is 2.37. The van der Waals surface area contributed by atoms with E-state index in [2.05, 4.69) is 5.32 Å². The number of carbonyl (C=O) groups excluding carboxylic acids is 1. The fourth-order valence-electron chi connectivity index (χ4n) is 3.01. The van der Waals surface area contributed by atoms with Gasteiger partial charge in [0.05, 0.1) is 13.0 Å². The summed E-state index contributed by atoms with van der Waals surface area (Å²) in [5.74, 6) is 1.36. The molecule has 0 saturated heterocycles. The van der Waals surface area contributed by atoms with Gasteiger partial charge in [0.15, 0.2) is 0 Å². The Balaban J connectivity index is 1.59. The van der Waals surface area contributed by atoms with Crippen molar-refractivity contribution >= 4 is 17.5 Å². The van der Waals surface area contributed by atoms with Crippen LogP contribution in [-0.2, 0) is 11.2 Å². The zero-order valence-electron chi connectivity index (χ0n) is 13.8. The van der Waals surface area contributed by atoms with Crippen LogP contribution in [0.1, 0.15) is 29.9 Å². The predicted molar refractivity (Wildman–Crippen MR) is 96.6 cm³/mol. The van der Waals surface area contributed by atoms with Gasteiger partial charge in [0.2, 0.25) is 5.91 Å². The summed E-state index contributed by atoms with van der Waals surface area (Å²) in [5.41, 5.74) is 2.21. The molecule has 0 bridgehead atoms. The van der Waals surface area contributed by atoms with Gasteiger partial charge in [-0.25, -0.2) is 0 Å². The third-order valence-corrected chi connectivity index (χ3v) is 4.70. The summed E-state index contributed by atoms with van der Waals surface area (Å²) in [6, 6.07) is 15.6. The van der Waals surface area contributed by atoms with Crippen molar-refractivity contribution in [2.45, 2.75) is 25.2 Å². The summed E-state index contributed by atoms with van der Waals surface area (Å²) < 4.78 is 5.23. The van der Waals surface area contributed by atoms with Crippen LogP contribution in [0.2, 0.25) is 5.02 Å². The molecule has 1 saturated carbocycles. The van der Waals surface area contributed by atoms with Gasteiger partial charge in [0.1, 0.15) is 5.75 Å². The standard InChI is InChI=1S/C20H22ClNO2/c1-24-18-4-2-3-14(13-18)11-12-22-20(23)19(15-5-6-15)16-7-9-17(21)10-8-16/h2-4,7-10,13,15,19H,5-6,11-12H2,1H3,(H,22,23). The van der Waals surface area contributed by atoms with E-state index in [1.807, 2.05) is 48.5 Å². The molecule has 0 aliphatic heterocycles. The number of rotatable bonds is 7. The number of ether oxygens (including phenoxy) is 1. The maximum Gasteiger partial charge on any atom is 0.227 e. The van der Waals surface area contributed by atoms with Gasteiger partial charge in [0.25, 0.3) is 0 Å². The molecule has 0 aromatic heterocycles. The first-order valence-corrected chi connectivity index (χ1v) is 8.71. The number of hydrogen-bond acceptors (Lipinski definition) is 2. The van der Waals surface area contributed by atoms with Crippen molar-refractivity contribution in [3.8, 4) is 5.75 Å². The number of hydrogen-bond donors (Lipinski definition) is 1. The van der Waals surface area contributed by atoms with Crippen LogP contribution in [0.3, 0.4) is 0 Å². The SMILES string of the molecule is COc1cccc(CCNC(=O)C(c2ccc(Cl)cc2)C2CC2)c1. The molecular formula is C20H22ClNO2. The van der Waals surface area contributed by atoms with Crippen LogP contribution >= 0.6 is 11.6 Å². The molecule has 0 spiro atoms. The molecule has 1 amide bonds. The molecular weight excluding hydrogens is 322 g/mol. The van der Waals surface area contributed by atoms with E-state index in [9.17, 15) is 4.79 Å². The first-order valence-electron chi connectivity index (χ1n) is 8.33. The van der Waals surface area contributed by atoms with E-state index in [0.717, 1.165) is 36.1 Å². The molecule has 0 radical (unpaired) electrons. The summed E-state index contributed by atoms with van der Waals surface area (Å²) in [6.07, 6.45) is 3.04. The lowest BCUT2D eigenvalue weighted by Gasteiger charge is -2.17. The second-order valence-electron chi connectivity index (χ2n) is 6.26. The molecule has 2 aromatic carbocycles. The molecule has 1 atom stereocenters. The highest BCUT2D eigenvalue weighted by Crippen LogP contribution is 2.42. The average Bonchev–Trinajstić information content (AvgIpc) is 3.42. The topological polar surface area (TPSA) is 38.3 Å². The Morgan fingerprint density at radius 3 is 2.67 bits per heavy atom. The minimum absolute atomic E-state index is 0.0624. The van der Waals surface area contributed by atoms with Crippen molar-refractivity contribution in [1.82, 2.24) is 5.32 Å². The molecule has 4 heteroatoms. The Kier molecular flexibility index (Phi) is 5.41. The first kappa shape index (κ1) is 16.8. The van der Waals surface area contributed by atoms with Crippen LogP contribution < -0.4 is 10.1 Å². The van der Waals surface area contributed by atoms with Crippen molar-refractivity contribution in [1.29, 1.82) is 0 Å². The van der Waals surface area contributed by atoms with Crippen LogP contribution in [0.4, 0.5) is 0 Å². The predicted octanol–water partition coefficient (Wildman–Crippen LogP) is 4.20. The average molecular weight is 344 g/mol. The molecule has 1 N–H and O–H groups in total. The zero-order valence-corrected chi connectivity index (χ0v) is 14.6. The van der Waals surface area contributed by atoms with E-state index < -0.39 is 0 Å². The van der Waals surface area contributed by atoms with Gasteiger partial charge >= 0.3 is 0 Å². The third-order valence-electron chi connectivity index (χ3n) is 4.45. The Labute approximate surface area is 148 Å². The summed E-state index contributed by atoms with van der Waals surface area (Å²) >= 11 is 5.96. The fraction of sp³-hybridized carbons (Fsp3) is 0.350. The molecule has 3 nitrogen and oxygen atoms in total. The maximum absolute atomic E-state index is 12.7. The Hall–Kier alpha value is -2.00. The van der Waals surface area contributed by atoms with Gasteiger partial charge in [-0.2, -0.15) is 0 Å². The van der Waals surface area contributed by atoms with E-state index in [0.29, 0.717) is 17.5 Å². The van der Waals surface area contributed by atoms with Gasteiger partial charge in [-0.3, -0.25) is 4.79 Å². The minimum atomic E-state index is -0.0624. The molecule has 126 valence electrons. The highest BCUT2D eigenvalue weighted by molar-refractivity contribution is 6.30. The van der Waals surface area contributed by atoms with Gasteiger partial charge in [-0.1, -0.05) is 35.9 Å². The molecule has 3 rings (SSSR count). The van der Waals surface area contributed by atoms with E-state index in [1.165, 1.54) is 0 Å². The lowest BCUT2D eigenvalue weighted by molar-refractivity contribution is -0.123. The maximum atomic E-state index is 12.7. The second-order valence-corrected chi connectivity index (χ2v) is 6.70. The number of amides is 1. The van der Waals surface area contributed by atoms with Crippen molar-refractivity contribution in [3.63, 3.8) is 0 Å².